The summed E-state index contributed by atoms with van der Waals surface area (Å²) in [7, 11) is 0. The third-order valence-electron chi connectivity index (χ3n) is 3.37. The van der Waals surface area contributed by atoms with Crippen LogP contribution < -0.4 is 5.32 Å². The molecule has 2 aromatic heterocycles. The van der Waals surface area contributed by atoms with Gasteiger partial charge in [-0.15, -0.1) is 11.8 Å². The van der Waals surface area contributed by atoms with Gasteiger partial charge in [-0.3, -0.25) is 0 Å². The average molecular weight is 277 g/mol. The van der Waals surface area contributed by atoms with Crippen molar-refractivity contribution in [2.75, 3.05) is 11.9 Å². The number of nitrogens with one attached hydrogen (secondary N) is 2. The van der Waals surface area contributed by atoms with Crippen LogP contribution in [-0.4, -0.2) is 31.7 Å². The van der Waals surface area contributed by atoms with Crippen LogP contribution >= 0.6 is 11.8 Å². The zero-order valence-corrected chi connectivity index (χ0v) is 12.0. The summed E-state index contributed by atoms with van der Waals surface area (Å²) < 4.78 is 0. The van der Waals surface area contributed by atoms with Gasteiger partial charge in [-0.2, -0.15) is 4.98 Å². The summed E-state index contributed by atoms with van der Waals surface area (Å²) in [6.07, 6.45) is 8.03. The highest BCUT2D eigenvalue weighted by molar-refractivity contribution is 8.00. The third kappa shape index (κ3) is 2.83. The van der Waals surface area contributed by atoms with Crippen molar-refractivity contribution in [3.63, 3.8) is 0 Å². The number of aromatic amines is 1. The van der Waals surface area contributed by atoms with E-state index in [0.29, 0.717) is 11.2 Å². The molecule has 2 heterocycles. The molecular formula is C13H19N5S. The molecule has 0 spiro atoms. The number of anilines is 1. The monoisotopic (exact) mass is 277 g/mol. The van der Waals surface area contributed by atoms with Crippen molar-refractivity contribution in [1.29, 1.82) is 0 Å². The molecule has 0 amide bonds. The molecule has 1 saturated carbocycles. The van der Waals surface area contributed by atoms with Crippen LogP contribution in [0.3, 0.4) is 0 Å². The van der Waals surface area contributed by atoms with Gasteiger partial charge in [0.25, 0.3) is 0 Å². The van der Waals surface area contributed by atoms with Crippen LogP contribution in [0, 0.1) is 0 Å². The standard InChI is InChI=1S/C13H19N5S/c1-2-7-14-13-17-11-10(15-8-16-11)12(18-13)19-9-5-3-4-6-9/h8-9H,2-7H2,1H3,(H2,14,15,16,17,18). The van der Waals surface area contributed by atoms with Crippen LogP contribution in [0.25, 0.3) is 11.2 Å². The topological polar surface area (TPSA) is 66.5 Å². The van der Waals surface area contributed by atoms with E-state index in [9.17, 15) is 0 Å². The Morgan fingerprint density at radius 3 is 3.00 bits per heavy atom. The summed E-state index contributed by atoms with van der Waals surface area (Å²) in [5.41, 5.74) is 1.73. The van der Waals surface area contributed by atoms with Crippen molar-refractivity contribution < 1.29 is 0 Å². The van der Waals surface area contributed by atoms with Crippen LogP contribution in [0.15, 0.2) is 11.4 Å². The number of fused-ring (bicyclic) bond motifs is 1. The van der Waals surface area contributed by atoms with Crippen molar-refractivity contribution in [1.82, 2.24) is 19.9 Å². The zero-order valence-electron chi connectivity index (χ0n) is 11.1. The number of nitrogens with zero attached hydrogens (tertiary/aromatic N) is 3. The predicted octanol–water partition coefficient (Wildman–Crippen LogP) is 3.21. The average Bonchev–Trinajstić information content (AvgIpc) is 3.06. The van der Waals surface area contributed by atoms with Crippen molar-refractivity contribution >= 4 is 28.9 Å². The van der Waals surface area contributed by atoms with Crippen LogP contribution in [0.1, 0.15) is 39.0 Å². The lowest BCUT2D eigenvalue weighted by molar-refractivity contribution is 0.886. The number of imidazole rings is 1. The minimum atomic E-state index is 0.695. The first-order chi connectivity index (χ1) is 9.36. The highest BCUT2D eigenvalue weighted by atomic mass is 32.2. The fraction of sp³-hybridized carbons (Fsp3) is 0.615. The Hall–Kier alpha value is -1.30. The van der Waals surface area contributed by atoms with E-state index in [1.807, 2.05) is 11.8 Å². The Labute approximate surface area is 117 Å². The number of hydrogen-bond donors (Lipinski definition) is 2. The highest BCUT2D eigenvalue weighted by Crippen LogP contribution is 2.36. The molecule has 3 rings (SSSR count). The Morgan fingerprint density at radius 1 is 1.37 bits per heavy atom. The van der Waals surface area contributed by atoms with E-state index in [2.05, 4.69) is 32.2 Å². The summed E-state index contributed by atoms with van der Waals surface area (Å²) in [5, 5.41) is 4.98. The van der Waals surface area contributed by atoms with Gasteiger partial charge in [0.15, 0.2) is 5.65 Å². The molecule has 0 bridgehead atoms. The SMILES string of the molecule is CCCNc1nc(SC2CCCC2)c2[nH]cnc2n1. The van der Waals surface area contributed by atoms with Crippen LogP contribution in [-0.2, 0) is 0 Å². The first kappa shape index (κ1) is 12.7. The molecule has 6 heteroatoms. The second-order valence-electron chi connectivity index (χ2n) is 4.90. The first-order valence-corrected chi connectivity index (χ1v) is 7.86. The molecule has 0 unspecified atom stereocenters. The molecule has 2 aromatic rings. The molecule has 1 aliphatic carbocycles. The van der Waals surface area contributed by atoms with Crippen molar-refractivity contribution in [2.24, 2.45) is 0 Å². The number of aromatic nitrogens is 4. The molecule has 2 N–H and O–H groups in total. The van der Waals surface area contributed by atoms with E-state index >= 15 is 0 Å². The molecule has 0 saturated heterocycles. The minimum absolute atomic E-state index is 0.695. The van der Waals surface area contributed by atoms with E-state index in [1.54, 1.807) is 6.33 Å². The van der Waals surface area contributed by atoms with E-state index < -0.39 is 0 Å². The van der Waals surface area contributed by atoms with Gasteiger partial charge in [-0.05, 0) is 19.3 Å². The van der Waals surface area contributed by atoms with Gasteiger partial charge in [-0.25, -0.2) is 9.97 Å². The van der Waals surface area contributed by atoms with Crippen LogP contribution in [0.4, 0.5) is 5.95 Å². The third-order valence-corrected chi connectivity index (χ3v) is 4.69. The lowest BCUT2D eigenvalue weighted by Gasteiger charge is -2.10. The minimum Gasteiger partial charge on any atom is -0.354 e. The van der Waals surface area contributed by atoms with Gasteiger partial charge in [0.05, 0.1) is 6.33 Å². The highest BCUT2D eigenvalue weighted by Gasteiger charge is 2.19. The normalized spacial score (nSPS) is 16.3. The van der Waals surface area contributed by atoms with Gasteiger partial charge >= 0.3 is 0 Å². The molecule has 102 valence electrons. The molecule has 0 atom stereocenters. The molecule has 1 aliphatic rings. The molecule has 1 fully saturated rings. The van der Waals surface area contributed by atoms with Crippen molar-refractivity contribution in [2.45, 2.75) is 49.3 Å². The molecule has 5 nitrogen and oxygen atoms in total. The van der Waals surface area contributed by atoms with Crippen molar-refractivity contribution in [3.8, 4) is 0 Å². The summed E-state index contributed by atoms with van der Waals surface area (Å²) >= 11 is 1.87. The van der Waals surface area contributed by atoms with Gasteiger partial charge in [0.1, 0.15) is 10.5 Å². The molecule has 0 aliphatic heterocycles. The van der Waals surface area contributed by atoms with E-state index in [4.69, 9.17) is 0 Å². The van der Waals surface area contributed by atoms with Gasteiger partial charge < -0.3 is 10.3 Å². The number of H-pyrrole nitrogens is 1. The molecule has 0 radical (unpaired) electrons. The fourth-order valence-electron chi connectivity index (χ4n) is 2.37. The maximum atomic E-state index is 4.64. The molecular weight excluding hydrogens is 258 g/mol. The van der Waals surface area contributed by atoms with E-state index in [-0.39, 0.29) is 0 Å². The molecule has 0 aromatic carbocycles. The summed E-state index contributed by atoms with van der Waals surface area (Å²) in [6.45, 7) is 3.03. The Bertz CT molecular complexity index is 547. The fourth-order valence-corrected chi connectivity index (χ4v) is 3.66. The van der Waals surface area contributed by atoms with E-state index in [1.165, 1.54) is 25.7 Å². The summed E-state index contributed by atoms with van der Waals surface area (Å²) in [5.74, 6) is 0.696. The van der Waals surface area contributed by atoms with Gasteiger partial charge in [-0.1, -0.05) is 19.8 Å². The predicted molar refractivity (Wildman–Crippen MR) is 78.6 cm³/mol. The maximum Gasteiger partial charge on any atom is 0.225 e. The number of thioether (sulfide) groups is 1. The van der Waals surface area contributed by atoms with Crippen molar-refractivity contribution in [3.05, 3.63) is 6.33 Å². The lowest BCUT2D eigenvalue weighted by atomic mass is 10.4. The maximum absolute atomic E-state index is 4.64. The second-order valence-corrected chi connectivity index (χ2v) is 6.19. The largest absolute Gasteiger partial charge is 0.354 e. The second kappa shape index (κ2) is 5.77. The quantitative estimate of drug-likeness (QED) is 0.821. The number of hydrogen-bond acceptors (Lipinski definition) is 5. The lowest BCUT2D eigenvalue weighted by Crippen LogP contribution is -2.06. The Balaban J connectivity index is 1.88. The van der Waals surface area contributed by atoms with Gasteiger partial charge in [0.2, 0.25) is 5.95 Å². The van der Waals surface area contributed by atoms with Gasteiger partial charge in [0, 0.05) is 11.8 Å². The zero-order chi connectivity index (χ0) is 13.1. The van der Waals surface area contributed by atoms with Crippen LogP contribution in [0.5, 0.6) is 0 Å². The van der Waals surface area contributed by atoms with Crippen LogP contribution in [0.2, 0.25) is 0 Å². The summed E-state index contributed by atoms with van der Waals surface area (Å²) in [6, 6.07) is 0. The summed E-state index contributed by atoms with van der Waals surface area (Å²) in [4.78, 5) is 16.5. The Morgan fingerprint density at radius 2 is 2.21 bits per heavy atom. The molecule has 19 heavy (non-hydrogen) atoms. The first-order valence-electron chi connectivity index (χ1n) is 6.98. The Kier molecular flexibility index (Phi) is 3.87. The number of rotatable bonds is 5. The smallest absolute Gasteiger partial charge is 0.225 e. The van der Waals surface area contributed by atoms with E-state index in [0.717, 1.165) is 29.2 Å².